The highest BCUT2D eigenvalue weighted by Gasteiger charge is 2.21. The molecule has 238 valence electrons. The number of anilines is 1. The minimum absolute atomic E-state index is 0.279. The average Bonchev–Trinajstić information content (AvgIpc) is 3.34. The number of benzene rings is 2. The number of methoxy groups -OCH3 is 1. The summed E-state index contributed by atoms with van der Waals surface area (Å²) < 4.78 is 31.2. The maximum Gasteiger partial charge on any atom is 0.414 e. The van der Waals surface area contributed by atoms with E-state index in [1.165, 1.54) is 42.7 Å². The molecule has 0 saturated carbocycles. The number of carboxylic acid groups (broad SMARTS) is 4. The number of ether oxygens (including phenoxy) is 1. The van der Waals surface area contributed by atoms with Crippen LogP contribution in [-0.4, -0.2) is 67.4 Å². The van der Waals surface area contributed by atoms with Crippen LogP contribution in [0.25, 0.3) is 10.2 Å². The molecule has 17 heteroatoms. The van der Waals surface area contributed by atoms with Gasteiger partial charge < -0.3 is 35.8 Å². The second kappa shape index (κ2) is 16.9. The lowest BCUT2D eigenvalue weighted by atomic mass is 10.2. The Morgan fingerprint density at radius 2 is 1.22 bits per heavy atom. The number of nitrogens with zero attached hydrogens (tertiary/aromatic N) is 2. The monoisotopic (exact) mass is 648 g/mol. The highest BCUT2D eigenvalue weighted by Crippen LogP contribution is 2.34. The van der Waals surface area contributed by atoms with Crippen LogP contribution in [0.1, 0.15) is 32.2 Å². The lowest BCUT2D eigenvalue weighted by molar-refractivity contribution is -0.159. The number of aliphatic carboxylic acids is 4. The van der Waals surface area contributed by atoms with Crippen LogP contribution in [0.4, 0.5) is 14.6 Å². The lowest BCUT2D eigenvalue weighted by Crippen LogP contribution is -2.16. The molecule has 4 aromatic rings. The van der Waals surface area contributed by atoms with Crippen LogP contribution in [0, 0.1) is 18.6 Å². The first kappa shape index (κ1) is 35.6. The van der Waals surface area contributed by atoms with Gasteiger partial charge in [0.1, 0.15) is 33.0 Å². The molecule has 0 spiro atoms. The molecule has 2 aromatic heterocycles. The Morgan fingerprint density at radius 3 is 1.67 bits per heavy atom. The first-order valence-corrected chi connectivity index (χ1v) is 13.3. The number of hydrogen-bond donors (Lipinski definition) is 6. The first-order chi connectivity index (χ1) is 21.2. The Labute approximate surface area is 256 Å². The van der Waals surface area contributed by atoms with Crippen molar-refractivity contribution in [3.63, 3.8) is 0 Å². The van der Waals surface area contributed by atoms with Gasteiger partial charge in [-0.25, -0.2) is 42.7 Å². The number of fused-ring (bicyclic) bond motifs is 1. The Bertz CT molecular complexity index is 1630. The fourth-order valence-electron chi connectivity index (χ4n) is 3.39. The van der Waals surface area contributed by atoms with E-state index in [4.69, 9.17) is 44.3 Å². The van der Waals surface area contributed by atoms with E-state index in [0.29, 0.717) is 41.0 Å². The molecule has 6 N–H and O–H groups in total. The fourth-order valence-corrected chi connectivity index (χ4v) is 4.50. The molecule has 2 aromatic carbocycles. The summed E-state index contributed by atoms with van der Waals surface area (Å²) in [6.45, 7) is 3.17. The summed E-state index contributed by atoms with van der Waals surface area (Å²) in [7, 11) is 1.34. The molecule has 0 saturated heterocycles. The fraction of sp³-hybridized carbons (Fsp3) is 0.179. The van der Waals surface area contributed by atoms with E-state index >= 15 is 0 Å². The van der Waals surface area contributed by atoms with Gasteiger partial charge in [0, 0.05) is 13.1 Å². The summed E-state index contributed by atoms with van der Waals surface area (Å²) in [5, 5.41) is 36.9. The number of carbonyl (C=O) groups is 5. The molecule has 0 atom stereocenters. The number of thiophene rings is 1. The topological polar surface area (TPSA) is 225 Å². The Morgan fingerprint density at radius 1 is 0.756 bits per heavy atom. The zero-order chi connectivity index (χ0) is 33.7. The van der Waals surface area contributed by atoms with Crippen molar-refractivity contribution in [3.8, 4) is 0 Å². The molecular weight excluding hydrogens is 622 g/mol. The normalized spacial score (nSPS) is 10.0. The zero-order valence-electron chi connectivity index (χ0n) is 23.5. The van der Waals surface area contributed by atoms with Crippen molar-refractivity contribution >= 4 is 57.2 Å². The number of halogens is 2. The molecule has 0 aliphatic carbocycles. The van der Waals surface area contributed by atoms with E-state index in [2.05, 4.69) is 20.6 Å². The van der Waals surface area contributed by atoms with Gasteiger partial charge in [-0.3, -0.25) is 0 Å². The second-order valence-corrected chi connectivity index (χ2v) is 9.65. The lowest BCUT2D eigenvalue weighted by Gasteiger charge is -2.11. The molecule has 14 nitrogen and oxygen atoms in total. The molecule has 0 amide bonds. The zero-order valence-corrected chi connectivity index (χ0v) is 24.4. The van der Waals surface area contributed by atoms with Crippen LogP contribution in [0.2, 0.25) is 0 Å². The van der Waals surface area contributed by atoms with Gasteiger partial charge in [0.05, 0.1) is 19.0 Å². The molecule has 0 fully saturated rings. The molecular formula is C28H26F2N4O10S. The summed E-state index contributed by atoms with van der Waals surface area (Å²) in [6, 6.07) is 12.5. The van der Waals surface area contributed by atoms with E-state index in [-0.39, 0.29) is 11.6 Å². The summed E-state index contributed by atoms with van der Waals surface area (Å²) in [6.07, 6.45) is 0. The van der Waals surface area contributed by atoms with Crippen LogP contribution in [0.15, 0.2) is 48.5 Å². The first-order valence-electron chi connectivity index (χ1n) is 12.5. The minimum atomic E-state index is -1.82. The number of esters is 1. The van der Waals surface area contributed by atoms with Crippen molar-refractivity contribution in [2.24, 2.45) is 0 Å². The van der Waals surface area contributed by atoms with E-state index in [1.54, 1.807) is 24.3 Å². The van der Waals surface area contributed by atoms with Gasteiger partial charge in [0.15, 0.2) is 0 Å². The van der Waals surface area contributed by atoms with Crippen molar-refractivity contribution in [2.75, 3.05) is 12.4 Å². The number of nitrogens with one attached hydrogen (secondary N) is 2. The number of rotatable bonds is 8. The Kier molecular flexibility index (Phi) is 13.4. The van der Waals surface area contributed by atoms with Crippen molar-refractivity contribution in [3.05, 3.63) is 87.6 Å². The predicted molar refractivity (Wildman–Crippen MR) is 155 cm³/mol. The molecule has 45 heavy (non-hydrogen) atoms. The molecule has 0 aliphatic rings. The maximum absolute atomic E-state index is 13.2. The van der Waals surface area contributed by atoms with Crippen LogP contribution in [-0.2, 0) is 43.5 Å². The van der Waals surface area contributed by atoms with Crippen molar-refractivity contribution in [1.82, 2.24) is 15.3 Å². The standard InChI is InChI=1S/C24H22F2N4O2S.2C2H2O4/c1-14-20-22(28-12-16-5-9-18(26)10-6-16)29-19(30-23(20)33-21(14)24(31)32-2)13-27-11-15-3-7-17(25)8-4-15;2*3-1(4)2(5)6/h3-10,27H,11-13H2,1-2H3,(H,28,29,30);2*(H,3,4)(H,5,6). The van der Waals surface area contributed by atoms with Gasteiger partial charge in [-0.15, -0.1) is 11.3 Å². The minimum Gasteiger partial charge on any atom is -0.473 e. The van der Waals surface area contributed by atoms with Crippen LogP contribution >= 0.6 is 11.3 Å². The van der Waals surface area contributed by atoms with Crippen molar-refractivity contribution in [2.45, 2.75) is 26.6 Å². The summed E-state index contributed by atoms with van der Waals surface area (Å²) in [4.78, 5) is 59.1. The molecule has 0 bridgehead atoms. The van der Waals surface area contributed by atoms with Gasteiger partial charge in [-0.2, -0.15) is 0 Å². The van der Waals surface area contributed by atoms with Crippen LogP contribution < -0.4 is 10.6 Å². The summed E-state index contributed by atoms with van der Waals surface area (Å²) in [5.74, 6) is -7.16. The highest BCUT2D eigenvalue weighted by molar-refractivity contribution is 7.20. The summed E-state index contributed by atoms with van der Waals surface area (Å²) in [5.41, 5.74) is 2.57. The largest absolute Gasteiger partial charge is 0.473 e. The molecule has 2 heterocycles. The van der Waals surface area contributed by atoms with E-state index in [0.717, 1.165) is 22.1 Å². The quantitative estimate of drug-likeness (QED) is 0.119. The van der Waals surface area contributed by atoms with E-state index in [9.17, 15) is 13.6 Å². The molecule has 0 radical (unpaired) electrons. The number of hydrogen-bond acceptors (Lipinski definition) is 11. The average molecular weight is 649 g/mol. The van der Waals surface area contributed by atoms with Crippen LogP contribution in [0.5, 0.6) is 0 Å². The smallest absolute Gasteiger partial charge is 0.414 e. The Hall–Kier alpha value is -5.55. The SMILES string of the molecule is COC(=O)c1sc2nc(CNCc3ccc(F)cc3)nc(NCc3ccc(F)cc3)c2c1C.O=C(O)C(=O)O.O=C(O)C(=O)O. The van der Waals surface area contributed by atoms with Gasteiger partial charge in [0.2, 0.25) is 0 Å². The van der Waals surface area contributed by atoms with E-state index < -0.39 is 29.8 Å². The molecule has 0 unspecified atom stereocenters. The van der Waals surface area contributed by atoms with Gasteiger partial charge >= 0.3 is 29.8 Å². The number of aryl methyl sites for hydroxylation is 1. The number of carbonyl (C=O) groups excluding carboxylic acids is 1. The molecule has 4 rings (SSSR count). The van der Waals surface area contributed by atoms with Gasteiger partial charge in [0.25, 0.3) is 0 Å². The number of aromatic nitrogens is 2. The van der Waals surface area contributed by atoms with E-state index in [1.807, 2.05) is 6.92 Å². The highest BCUT2D eigenvalue weighted by atomic mass is 32.1. The maximum atomic E-state index is 13.2. The predicted octanol–water partition coefficient (Wildman–Crippen LogP) is 3.28. The van der Waals surface area contributed by atoms with Crippen LogP contribution in [0.3, 0.4) is 0 Å². The summed E-state index contributed by atoms with van der Waals surface area (Å²) >= 11 is 1.26. The number of carboxylic acids is 4. The van der Waals surface area contributed by atoms with Gasteiger partial charge in [-0.05, 0) is 47.9 Å². The third-order valence-corrected chi connectivity index (χ3v) is 6.64. The molecule has 0 aliphatic heterocycles. The third kappa shape index (κ3) is 11.2. The second-order valence-electron chi connectivity index (χ2n) is 8.65. The van der Waals surface area contributed by atoms with Gasteiger partial charge in [-0.1, -0.05) is 24.3 Å². The third-order valence-electron chi connectivity index (χ3n) is 5.47. The van der Waals surface area contributed by atoms with Crippen molar-refractivity contribution in [1.29, 1.82) is 0 Å². The van der Waals surface area contributed by atoms with Crippen molar-refractivity contribution < 1.29 is 57.9 Å². The Balaban J connectivity index is 0.000000499.